The number of ketones is 1. The minimum Gasteiger partial charge on any atom is -0.293 e. The number of halogens is 2. The molecule has 2 aromatic rings. The molecule has 0 bridgehead atoms. The summed E-state index contributed by atoms with van der Waals surface area (Å²) in [5.74, 6) is 0.0233. The summed E-state index contributed by atoms with van der Waals surface area (Å²) in [6.07, 6.45) is 4.74. The number of carbonyl (C=O) groups is 1. The zero-order chi connectivity index (χ0) is 12.9. The lowest BCUT2D eigenvalue weighted by molar-refractivity contribution is 0.0914. The van der Waals surface area contributed by atoms with Gasteiger partial charge in [-0.05, 0) is 18.9 Å². The lowest BCUT2D eigenvalue weighted by atomic mass is 9.97. The van der Waals surface area contributed by atoms with Gasteiger partial charge in [-0.15, -0.1) is 3.89 Å². The Kier molecular flexibility index (Phi) is 2.64. The number of hydrogen-bond acceptors (Lipinski definition) is 3. The molecule has 6 heteroatoms. The second-order valence-electron chi connectivity index (χ2n) is 4.82. The van der Waals surface area contributed by atoms with Crippen LogP contribution < -0.4 is 0 Å². The van der Waals surface area contributed by atoms with Gasteiger partial charge < -0.3 is 0 Å². The number of Topliss-reactive ketones (excluding diaryl/α,β-unsaturated/α-hetero) is 1. The minimum absolute atomic E-state index is 0.0196. The molecule has 0 N–H and O–H groups in total. The molecule has 0 atom stereocenters. The topological polar surface area (TPSA) is 34.9 Å². The van der Waals surface area contributed by atoms with Crippen LogP contribution in [0.2, 0.25) is 5.02 Å². The summed E-state index contributed by atoms with van der Waals surface area (Å²) in [4.78, 5) is 16.5. The van der Waals surface area contributed by atoms with E-state index in [0.717, 1.165) is 12.8 Å². The zero-order valence-corrected chi connectivity index (χ0v) is 11.2. The standard InChI is InChI=1S/C12H10ClFN2OS/c1-12(3-4-12)10(17)7-6-16(18-14)11-9(7)8(13)2-5-15-11/h2,5-6H,3-4H2,1H3. The molecule has 1 aliphatic carbocycles. The first-order valence-electron chi connectivity index (χ1n) is 5.56. The summed E-state index contributed by atoms with van der Waals surface area (Å²) in [5.41, 5.74) is 0.551. The number of rotatable bonds is 3. The van der Waals surface area contributed by atoms with E-state index in [2.05, 4.69) is 4.98 Å². The number of pyridine rings is 1. The summed E-state index contributed by atoms with van der Waals surface area (Å²) in [6.45, 7) is 1.92. The van der Waals surface area contributed by atoms with Gasteiger partial charge in [0.05, 0.1) is 5.02 Å². The fourth-order valence-corrected chi connectivity index (χ4v) is 2.64. The first-order valence-corrected chi connectivity index (χ1v) is 6.61. The number of carbonyl (C=O) groups excluding carboxylic acids is 1. The van der Waals surface area contributed by atoms with Gasteiger partial charge in [0, 0.05) is 28.8 Å². The van der Waals surface area contributed by atoms with Crippen LogP contribution in [0.1, 0.15) is 30.1 Å². The molecule has 0 unspecified atom stereocenters. The molecule has 2 heterocycles. The van der Waals surface area contributed by atoms with Gasteiger partial charge in [0.15, 0.2) is 23.8 Å². The van der Waals surface area contributed by atoms with Gasteiger partial charge in [0.25, 0.3) is 0 Å². The predicted octanol–water partition coefficient (Wildman–Crippen LogP) is 4.05. The number of nitrogens with zero attached hydrogens (tertiary/aromatic N) is 2. The average Bonchev–Trinajstić information content (AvgIpc) is 3.00. The maximum atomic E-state index is 12.9. The quantitative estimate of drug-likeness (QED) is 0.798. The largest absolute Gasteiger partial charge is 0.293 e. The van der Waals surface area contributed by atoms with Crippen LogP contribution in [0.15, 0.2) is 18.5 Å². The molecule has 18 heavy (non-hydrogen) atoms. The highest BCUT2D eigenvalue weighted by Crippen LogP contribution is 2.49. The molecule has 3 rings (SSSR count). The Morgan fingerprint density at radius 3 is 2.94 bits per heavy atom. The van der Waals surface area contributed by atoms with Crippen LogP contribution in [0.3, 0.4) is 0 Å². The first-order chi connectivity index (χ1) is 8.57. The molecule has 1 fully saturated rings. The second kappa shape index (κ2) is 3.96. The van der Waals surface area contributed by atoms with Crippen LogP contribution in [0.5, 0.6) is 0 Å². The van der Waals surface area contributed by atoms with E-state index in [1.807, 2.05) is 6.92 Å². The molecule has 0 amide bonds. The molecular weight excluding hydrogens is 275 g/mol. The van der Waals surface area contributed by atoms with Crippen LogP contribution in [0, 0.1) is 5.41 Å². The maximum Gasteiger partial charge on any atom is 0.171 e. The SMILES string of the molecule is CC1(C(=O)c2cn(SF)c3nccc(Cl)c23)CC1. The van der Waals surface area contributed by atoms with Crippen molar-refractivity contribution in [3.8, 4) is 0 Å². The number of aromatic nitrogens is 2. The molecule has 0 saturated heterocycles. The summed E-state index contributed by atoms with van der Waals surface area (Å²) < 4.78 is 14.1. The van der Waals surface area contributed by atoms with Crippen molar-refractivity contribution in [2.45, 2.75) is 19.8 Å². The van der Waals surface area contributed by atoms with E-state index in [-0.39, 0.29) is 23.5 Å². The highest BCUT2D eigenvalue weighted by atomic mass is 35.5. The van der Waals surface area contributed by atoms with E-state index in [4.69, 9.17) is 11.6 Å². The third-order valence-electron chi connectivity index (χ3n) is 3.47. The monoisotopic (exact) mass is 284 g/mol. The highest BCUT2D eigenvalue weighted by Gasteiger charge is 2.46. The Morgan fingerprint density at radius 1 is 1.61 bits per heavy atom. The highest BCUT2D eigenvalue weighted by molar-refractivity contribution is 7.92. The Morgan fingerprint density at radius 2 is 2.33 bits per heavy atom. The molecule has 1 aliphatic rings. The molecule has 94 valence electrons. The Bertz CT molecular complexity index is 651. The Balaban J connectivity index is 2.26. The molecule has 2 aromatic heterocycles. The maximum absolute atomic E-state index is 12.9. The summed E-state index contributed by atoms with van der Waals surface area (Å²) >= 11 is 6.13. The average molecular weight is 285 g/mol. The Hall–Kier alpha value is -1.07. The van der Waals surface area contributed by atoms with Gasteiger partial charge in [0.2, 0.25) is 0 Å². The lowest BCUT2D eigenvalue weighted by Gasteiger charge is -2.05. The minimum atomic E-state index is -0.306. The zero-order valence-electron chi connectivity index (χ0n) is 9.61. The van der Waals surface area contributed by atoms with Crippen molar-refractivity contribution in [2.24, 2.45) is 5.41 Å². The third-order valence-corrected chi connectivity index (χ3v) is 4.21. The van der Waals surface area contributed by atoms with Gasteiger partial charge in [-0.25, -0.2) is 8.96 Å². The Labute approximate surface area is 113 Å². The van der Waals surface area contributed by atoms with E-state index in [0.29, 0.717) is 21.6 Å². The van der Waals surface area contributed by atoms with Crippen LogP contribution >= 0.6 is 23.9 Å². The molecule has 0 spiro atoms. The van der Waals surface area contributed by atoms with E-state index in [1.54, 1.807) is 6.07 Å². The van der Waals surface area contributed by atoms with Crippen LogP contribution in [0.25, 0.3) is 11.0 Å². The van der Waals surface area contributed by atoms with Gasteiger partial charge in [-0.3, -0.25) is 4.79 Å². The van der Waals surface area contributed by atoms with Crippen molar-refractivity contribution in [1.82, 2.24) is 8.96 Å². The van der Waals surface area contributed by atoms with E-state index < -0.39 is 0 Å². The molecule has 1 saturated carbocycles. The normalized spacial score (nSPS) is 17.1. The van der Waals surface area contributed by atoms with E-state index >= 15 is 0 Å². The number of fused-ring (bicyclic) bond motifs is 1. The molecule has 0 radical (unpaired) electrons. The van der Waals surface area contributed by atoms with Crippen molar-refractivity contribution in [1.29, 1.82) is 0 Å². The second-order valence-corrected chi connectivity index (χ2v) is 5.76. The third kappa shape index (κ3) is 1.65. The number of hydrogen-bond donors (Lipinski definition) is 0. The lowest BCUT2D eigenvalue weighted by Crippen LogP contribution is -2.11. The summed E-state index contributed by atoms with van der Waals surface area (Å²) in [6, 6.07) is 1.61. The predicted molar refractivity (Wildman–Crippen MR) is 70.5 cm³/mol. The van der Waals surface area contributed by atoms with E-state index in [1.165, 1.54) is 16.4 Å². The van der Waals surface area contributed by atoms with Gasteiger partial charge >= 0.3 is 0 Å². The van der Waals surface area contributed by atoms with Crippen LogP contribution in [-0.2, 0) is 0 Å². The van der Waals surface area contributed by atoms with Gasteiger partial charge in [0.1, 0.15) is 0 Å². The van der Waals surface area contributed by atoms with Crippen molar-refractivity contribution >= 4 is 40.8 Å². The summed E-state index contributed by atoms with van der Waals surface area (Å²) in [7, 11) is 0. The van der Waals surface area contributed by atoms with Crippen molar-refractivity contribution in [2.75, 3.05) is 0 Å². The smallest absolute Gasteiger partial charge is 0.171 e. The fraction of sp³-hybridized carbons (Fsp3) is 0.333. The van der Waals surface area contributed by atoms with Crippen molar-refractivity contribution in [3.05, 3.63) is 29.0 Å². The van der Waals surface area contributed by atoms with Crippen LogP contribution in [0.4, 0.5) is 3.89 Å². The van der Waals surface area contributed by atoms with Crippen molar-refractivity contribution < 1.29 is 8.68 Å². The molecule has 3 nitrogen and oxygen atoms in total. The molecule has 0 aliphatic heterocycles. The van der Waals surface area contributed by atoms with Crippen molar-refractivity contribution in [3.63, 3.8) is 0 Å². The first kappa shape index (κ1) is 12.0. The summed E-state index contributed by atoms with van der Waals surface area (Å²) in [5, 5.41) is 0.975. The fourth-order valence-electron chi connectivity index (χ4n) is 2.05. The van der Waals surface area contributed by atoms with E-state index in [9.17, 15) is 8.68 Å². The molecular formula is C12H10ClFN2OS. The molecule has 0 aromatic carbocycles. The van der Waals surface area contributed by atoms with Gasteiger partial charge in [-0.2, -0.15) is 0 Å². The van der Waals surface area contributed by atoms with Crippen LogP contribution in [-0.4, -0.2) is 14.7 Å². The van der Waals surface area contributed by atoms with Gasteiger partial charge in [-0.1, -0.05) is 18.5 Å².